The molecule has 6 heteroatoms. The second-order valence-corrected chi connectivity index (χ2v) is 4.72. The van der Waals surface area contributed by atoms with E-state index in [1.807, 2.05) is 0 Å². The molecule has 0 radical (unpaired) electrons. The zero-order chi connectivity index (χ0) is 13.7. The predicted molar refractivity (Wildman–Crippen MR) is 73.0 cm³/mol. The summed E-state index contributed by atoms with van der Waals surface area (Å²) in [4.78, 5) is 17.5. The Morgan fingerprint density at radius 1 is 1.37 bits per heavy atom. The molecule has 0 saturated carbocycles. The molecular formula is C13H20N4O2. The summed E-state index contributed by atoms with van der Waals surface area (Å²) < 4.78 is 5.54. The first-order valence-electron chi connectivity index (χ1n) is 6.57. The maximum Gasteiger partial charge on any atom is 0.251 e. The number of hydrogen-bond acceptors (Lipinski definition) is 5. The number of piperidine rings is 1. The van der Waals surface area contributed by atoms with Gasteiger partial charge < -0.3 is 16.2 Å². The molecule has 1 aromatic heterocycles. The minimum Gasteiger partial charge on any atom is -0.476 e. The van der Waals surface area contributed by atoms with Gasteiger partial charge in [-0.1, -0.05) is 6.42 Å². The third kappa shape index (κ3) is 3.82. The number of nitrogens with two attached hydrogens (primary N) is 2. The van der Waals surface area contributed by atoms with E-state index in [-0.39, 0.29) is 11.3 Å². The van der Waals surface area contributed by atoms with Crippen LogP contribution in [0.1, 0.15) is 29.6 Å². The second-order valence-electron chi connectivity index (χ2n) is 4.72. The number of pyridine rings is 1. The smallest absolute Gasteiger partial charge is 0.251 e. The molecule has 2 rings (SSSR count). The lowest BCUT2D eigenvalue weighted by Gasteiger charge is -2.26. The Morgan fingerprint density at radius 2 is 2.11 bits per heavy atom. The number of primary amides is 1. The van der Waals surface area contributed by atoms with Crippen LogP contribution in [0.5, 0.6) is 5.88 Å². The Bertz CT molecular complexity index is 444. The van der Waals surface area contributed by atoms with E-state index < -0.39 is 5.91 Å². The topological polar surface area (TPSA) is 94.5 Å². The molecule has 2 heterocycles. The normalized spacial score (nSPS) is 16.2. The minimum atomic E-state index is -0.569. The molecule has 1 aromatic rings. The van der Waals surface area contributed by atoms with Gasteiger partial charge in [-0.15, -0.1) is 0 Å². The Kier molecular flexibility index (Phi) is 4.57. The van der Waals surface area contributed by atoms with Crippen LogP contribution in [0.2, 0.25) is 0 Å². The van der Waals surface area contributed by atoms with Crippen molar-refractivity contribution < 1.29 is 9.53 Å². The Balaban J connectivity index is 1.85. The molecule has 4 N–H and O–H groups in total. The van der Waals surface area contributed by atoms with Crippen LogP contribution in [0, 0.1) is 0 Å². The third-order valence-corrected chi connectivity index (χ3v) is 3.28. The average Bonchev–Trinajstić information content (AvgIpc) is 2.41. The van der Waals surface area contributed by atoms with Crippen LogP contribution in [-0.2, 0) is 0 Å². The van der Waals surface area contributed by atoms with Crippen molar-refractivity contribution in [1.29, 1.82) is 0 Å². The fraction of sp³-hybridized carbons (Fsp3) is 0.538. The van der Waals surface area contributed by atoms with Gasteiger partial charge in [0.1, 0.15) is 6.61 Å². The van der Waals surface area contributed by atoms with Crippen LogP contribution >= 0.6 is 0 Å². The number of nitrogens with zero attached hydrogens (tertiary/aromatic N) is 2. The molecule has 0 bridgehead atoms. The van der Waals surface area contributed by atoms with Crippen molar-refractivity contribution in [3.63, 3.8) is 0 Å². The maximum absolute atomic E-state index is 11.1. The summed E-state index contributed by atoms with van der Waals surface area (Å²) in [5.74, 6) is -0.180. The summed E-state index contributed by atoms with van der Waals surface area (Å²) in [5.41, 5.74) is 11.4. The highest BCUT2D eigenvalue weighted by atomic mass is 16.5. The van der Waals surface area contributed by atoms with Crippen molar-refractivity contribution in [2.24, 2.45) is 5.73 Å². The first-order chi connectivity index (χ1) is 9.16. The summed E-state index contributed by atoms with van der Waals surface area (Å²) >= 11 is 0. The van der Waals surface area contributed by atoms with E-state index in [9.17, 15) is 4.79 Å². The molecule has 1 saturated heterocycles. The van der Waals surface area contributed by atoms with Crippen molar-refractivity contribution >= 4 is 11.6 Å². The van der Waals surface area contributed by atoms with Crippen molar-refractivity contribution in [3.8, 4) is 5.88 Å². The van der Waals surface area contributed by atoms with E-state index >= 15 is 0 Å². The van der Waals surface area contributed by atoms with Crippen molar-refractivity contribution in [1.82, 2.24) is 9.88 Å². The van der Waals surface area contributed by atoms with E-state index in [1.54, 1.807) is 0 Å². The zero-order valence-corrected chi connectivity index (χ0v) is 11.0. The Hall–Kier alpha value is -1.82. The van der Waals surface area contributed by atoms with Crippen LogP contribution in [0.25, 0.3) is 0 Å². The Morgan fingerprint density at radius 3 is 2.79 bits per heavy atom. The van der Waals surface area contributed by atoms with Gasteiger partial charge in [0.25, 0.3) is 5.91 Å². The fourth-order valence-corrected chi connectivity index (χ4v) is 2.20. The minimum absolute atomic E-state index is 0.253. The van der Waals surface area contributed by atoms with Gasteiger partial charge in [-0.25, -0.2) is 4.98 Å². The van der Waals surface area contributed by atoms with Crippen molar-refractivity contribution in [2.75, 3.05) is 32.0 Å². The van der Waals surface area contributed by atoms with Gasteiger partial charge >= 0.3 is 0 Å². The number of nitrogen functional groups attached to an aromatic ring is 1. The lowest BCUT2D eigenvalue weighted by atomic mass is 10.1. The molecule has 104 valence electrons. The number of carbonyl (C=O) groups is 1. The van der Waals surface area contributed by atoms with Gasteiger partial charge in [-0.3, -0.25) is 9.69 Å². The van der Waals surface area contributed by atoms with Crippen molar-refractivity contribution in [3.05, 3.63) is 17.8 Å². The zero-order valence-electron chi connectivity index (χ0n) is 11.0. The number of aromatic nitrogens is 1. The van der Waals surface area contributed by atoms with Crippen LogP contribution in [0.15, 0.2) is 12.3 Å². The largest absolute Gasteiger partial charge is 0.476 e. The molecule has 6 nitrogen and oxygen atoms in total. The quantitative estimate of drug-likeness (QED) is 0.813. The highest BCUT2D eigenvalue weighted by Gasteiger charge is 2.11. The molecular weight excluding hydrogens is 244 g/mol. The number of rotatable bonds is 5. The van der Waals surface area contributed by atoms with E-state index in [0.717, 1.165) is 19.6 Å². The standard InChI is InChI=1S/C13H20N4O2/c14-11-9-16-12(8-10(11)13(15)18)19-7-6-17-4-2-1-3-5-17/h8-9H,1-7,14H2,(H2,15,18). The summed E-state index contributed by atoms with van der Waals surface area (Å²) in [7, 11) is 0. The fourth-order valence-electron chi connectivity index (χ4n) is 2.20. The van der Waals surface area contributed by atoms with Gasteiger partial charge in [-0.2, -0.15) is 0 Å². The summed E-state index contributed by atoms with van der Waals surface area (Å²) in [5, 5.41) is 0. The molecule has 1 fully saturated rings. The van der Waals surface area contributed by atoms with Gasteiger partial charge in [0.05, 0.1) is 17.4 Å². The third-order valence-electron chi connectivity index (χ3n) is 3.28. The second kappa shape index (κ2) is 6.38. The number of ether oxygens (including phenoxy) is 1. The number of anilines is 1. The number of carbonyl (C=O) groups excluding carboxylic acids is 1. The van der Waals surface area contributed by atoms with E-state index in [2.05, 4.69) is 9.88 Å². The van der Waals surface area contributed by atoms with Crippen LogP contribution in [0.4, 0.5) is 5.69 Å². The molecule has 1 aliphatic heterocycles. The van der Waals surface area contributed by atoms with E-state index in [1.165, 1.54) is 31.5 Å². The predicted octanol–water partition coefficient (Wildman–Crippen LogP) is 0.627. The Labute approximate surface area is 112 Å². The van der Waals surface area contributed by atoms with Gasteiger partial charge in [-0.05, 0) is 25.9 Å². The number of amides is 1. The summed E-state index contributed by atoms with van der Waals surface area (Å²) in [6.45, 7) is 3.68. The monoisotopic (exact) mass is 264 g/mol. The molecule has 1 amide bonds. The summed E-state index contributed by atoms with van der Waals surface area (Å²) in [6, 6.07) is 1.49. The SMILES string of the molecule is NC(=O)c1cc(OCCN2CCCCC2)ncc1N. The van der Waals surface area contributed by atoms with E-state index in [4.69, 9.17) is 16.2 Å². The maximum atomic E-state index is 11.1. The van der Waals surface area contributed by atoms with Crippen LogP contribution < -0.4 is 16.2 Å². The van der Waals surface area contributed by atoms with Crippen molar-refractivity contribution in [2.45, 2.75) is 19.3 Å². The molecule has 19 heavy (non-hydrogen) atoms. The highest BCUT2D eigenvalue weighted by molar-refractivity contribution is 5.97. The highest BCUT2D eigenvalue weighted by Crippen LogP contribution is 2.16. The number of hydrogen-bond donors (Lipinski definition) is 2. The summed E-state index contributed by atoms with van der Waals surface area (Å²) in [6.07, 6.45) is 5.23. The van der Waals surface area contributed by atoms with Crippen LogP contribution in [-0.4, -0.2) is 42.0 Å². The van der Waals surface area contributed by atoms with Gasteiger partial charge in [0, 0.05) is 12.6 Å². The van der Waals surface area contributed by atoms with Gasteiger partial charge in [0.15, 0.2) is 0 Å². The average molecular weight is 264 g/mol. The first-order valence-corrected chi connectivity index (χ1v) is 6.57. The lowest BCUT2D eigenvalue weighted by molar-refractivity contribution is 0.100. The molecule has 0 atom stereocenters. The molecule has 1 aliphatic rings. The lowest BCUT2D eigenvalue weighted by Crippen LogP contribution is -2.33. The van der Waals surface area contributed by atoms with Crippen LogP contribution in [0.3, 0.4) is 0 Å². The molecule has 0 aromatic carbocycles. The molecule has 0 aliphatic carbocycles. The molecule has 0 unspecified atom stereocenters. The van der Waals surface area contributed by atoms with E-state index in [0.29, 0.717) is 12.5 Å². The number of likely N-dealkylation sites (tertiary alicyclic amines) is 1. The first kappa shape index (κ1) is 13.6. The van der Waals surface area contributed by atoms with Gasteiger partial charge in [0.2, 0.25) is 5.88 Å². The molecule has 0 spiro atoms.